The standard InChI is InChI=1S/C11H9N3O5/c12-11(10-2-1-5-19-10)8-4-3-7(13(15)16)6-9(8)14(17)18/h1-6,11H,12H2. The highest BCUT2D eigenvalue weighted by atomic mass is 16.6. The van der Waals surface area contributed by atoms with Crippen LogP contribution in [0.4, 0.5) is 11.4 Å². The van der Waals surface area contributed by atoms with Crippen LogP contribution in [-0.4, -0.2) is 9.85 Å². The lowest BCUT2D eigenvalue weighted by Crippen LogP contribution is -2.13. The Hall–Kier alpha value is -2.74. The third-order valence-corrected chi connectivity index (χ3v) is 2.61. The summed E-state index contributed by atoms with van der Waals surface area (Å²) in [6, 6.07) is 5.66. The third-order valence-electron chi connectivity index (χ3n) is 2.61. The molecule has 2 rings (SSSR count). The maximum atomic E-state index is 11.0. The molecule has 1 aromatic heterocycles. The second-order valence-electron chi connectivity index (χ2n) is 3.75. The van der Waals surface area contributed by atoms with E-state index in [-0.39, 0.29) is 11.3 Å². The Kier molecular flexibility index (Phi) is 3.25. The van der Waals surface area contributed by atoms with Gasteiger partial charge in [0.25, 0.3) is 11.4 Å². The predicted octanol–water partition coefficient (Wildman–Crippen LogP) is 2.14. The minimum atomic E-state index is -0.851. The smallest absolute Gasteiger partial charge is 0.281 e. The largest absolute Gasteiger partial charge is 0.467 e. The molecular formula is C11H9N3O5. The quantitative estimate of drug-likeness (QED) is 0.665. The van der Waals surface area contributed by atoms with E-state index >= 15 is 0 Å². The van der Waals surface area contributed by atoms with Gasteiger partial charge in [0, 0.05) is 6.07 Å². The Morgan fingerprint density at radius 2 is 1.89 bits per heavy atom. The first-order chi connectivity index (χ1) is 9.00. The Balaban J connectivity index is 2.51. The van der Waals surface area contributed by atoms with Crippen molar-refractivity contribution >= 4 is 11.4 Å². The van der Waals surface area contributed by atoms with E-state index in [2.05, 4.69) is 0 Å². The molecule has 1 unspecified atom stereocenters. The molecule has 1 aromatic carbocycles. The van der Waals surface area contributed by atoms with Gasteiger partial charge in [-0.3, -0.25) is 20.2 Å². The normalized spacial score (nSPS) is 12.1. The van der Waals surface area contributed by atoms with Crippen LogP contribution in [0.25, 0.3) is 0 Å². The SMILES string of the molecule is NC(c1ccco1)c1ccc([N+](=O)[O-])cc1[N+](=O)[O-]. The number of rotatable bonds is 4. The van der Waals surface area contributed by atoms with Crippen LogP contribution in [-0.2, 0) is 0 Å². The second-order valence-corrected chi connectivity index (χ2v) is 3.75. The van der Waals surface area contributed by atoms with Crippen molar-refractivity contribution in [2.45, 2.75) is 6.04 Å². The molecule has 0 radical (unpaired) electrons. The first kappa shape index (κ1) is 12.7. The molecule has 0 spiro atoms. The fourth-order valence-electron chi connectivity index (χ4n) is 1.69. The monoisotopic (exact) mass is 263 g/mol. The molecule has 0 fully saturated rings. The number of nitrogens with two attached hydrogens (primary N) is 1. The van der Waals surface area contributed by atoms with Gasteiger partial charge in [0.05, 0.1) is 33.8 Å². The zero-order chi connectivity index (χ0) is 14.0. The van der Waals surface area contributed by atoms with Gasteiger partial charge in [-0.05, 0) is 18.2 Å². The van der Waals surface area contributed by atoms with Gasteiger partial charge in [-0.2, -0.15) is 0 Å². The maximum absolute atomic E-state index is 11.0. The Labute approximate surface area is 106 Å². The van der Waals surface area contributed by atoms with Crippen molar-refractivity contribution in [2.24, 2.45) is 5.73 Å². The highest BCUT2D eigenvalue weighted by molar-refractivity contribution is 5.51. The van der Waals surface area contributed by atoms with Crippen LogP contribution in [0, 0.1) is 20.2 Å². The van der Waals surface area contributed by atoms with Crippen molar-refractivity contribution in [1.82, 2.24) is 0 Å². The summed E-state index contributed by atoms with van der Waals surface area (Å²) in [5.74, 6) is 0.344. The molecule has 0 aliphatic heterocycles. The lowest BCUT2D eigenvalue weighted by Gasteiger charge is -2.09. The summed E-state index contributed by atoms with van der Waals surface area (Å²) >= 11 is 0. The summed E-state index contributed by atoms with van der Waals surface area (Å²) in [5.41, 5.74) is 5.25. The number of nitro groups is 2. The van der Waals surface area contributed by atoms with E-state index in [0.29, 0.717) is 5.76 Å². The van der Waals surface area contributed by atoms with Crippen molar-refractivity contribution in [2.75, 3.05) is 0 Å². The molecule has 0 saturated carbocycles. The van der Waals surface area contributed by atoms with Crippen LogP contribution in [0.5, 0.6) is 0 Å². The molecule has 8 heteroatoms. The fourth-order valence-corrected chi connectivity index (χ4v) is 1.69. The number of nitro benzene ring substituents is 2. The molecule has 0 saturated heterocycles. The van der Waals surface area contributed by atoms with E-state index in [9.17, 15) is 20.2 Å². The van der Waals surface area contributed by atoms with Crippen molar-refractivity contribution in [3.63, 3.8) is 0 Å². The molecule has 98 valence electrons. The van der Waals surface area contributed by atoms with Crippen LogP contribution in [0.3, 0.4) is 0 Å². The zero-order valence-corrected chi connectivity index (χ0v) is 9.55. The summed E-state index contributed by atoms with van der Waals surface area (Å²) < 4.78 is 5.08. The fraction of sp³-hybridized carbons (Fsp3) is 0.0909. The average Bonchev–Trinajstić information content (AvgIpc) is 2.90. The van der Waals surface area contributed by atoms with E-state index in [1.54, 1.807) is 12.1 Å². The lowest BCUT2D eigenvalue weighted by atomic mass is 10.0. The molecule has 1 heterocycles. The molecule has 2 N–H and O–H groups in total. The highest BCUT2D eigenvalue weighted by Gasteiger charge is 2.25. The van der Waals surface area contributed by atoms with Crippen molar-refractivity contribution in [3.05, 3.63) is 68.1 Å². The molecular weight excluding hydrogens is 254 g/mol. The van der Waals surface area contributed by atoms with Crippen LogP contribution >= 0.6 is 0 Å². The van der Waals surface area contributed by atoms with E-state index < -0.39 is 21.6 Å². The average molecular weight is 263 g/mol. The van der Waals surface area contributed by atoms with E-state index in [1.807, 2.05) is 0 Å². The summed E-state index contributed by atoms with van der Waals surface area (Å²) in [6.07, 6.45) is 1.40. The van der Waals surface area contributed by atoms with Crippen molar-refractivity contribution in [3.8, 4) is 0 Å². The molecule has 0 amide bonds. The Morgan fingerprint density at radius 3 is 2.42 bits per heavy atom. The van der Waals surface area contributed by atoms with E-state index in [0.717, 1.165) is 6.07 Å². The number of non-ortho nitro benzene ring substituents is 1. The van der Waals surface area contributed by atoms with Crippen molar-refractivity contribution < 1.29 is 14.3 Å². The first-order valence-corrected chi connectivity index (χ1v) is 5.22. The molecule has 0 bridgehead atoms. The van der Waals surface area contributed by atoms with Gasteiger partial charge >= 0.3 is 0 Å². The molecule has 1 atom stereocenters. The van der Waals surface area contributed by atoms with Crippen LogP contribution in [0.15, 0.2) is 41.0 Å². The van der Waals surface area contributed by atoms with Gasteiger partial charge in [-0.15, -0.1) is 0 Å². The summed E-state index contributed by atoms with van der Waals surface area (Å²) in [7, 11) is 0. The van der Waals surface area contributed by atoms with Gasteiger partial charge in [0.15, 0.2) is 0 Å². The number of nitrogens with zero attached hydrogens (tertiary/aromatic N) is 2. The van der Waals surface area contributed by atoms with Gasteiger partial charge in [0.2, 0.25) is 0 Å². The lowest BCUT2D eigenvalue weighted by molar-refractivity contribution is -0.394. The number of hydrogen-bond acceptors (Lipinski definition) is 6. The topological polar surface area (TPSA) is 125 Å². The molecule has 8 nitrogen and oxygen atoms in total. The van der Waals surface area contributed by atoms with Crippen LogP contribution in [0.1, 0.15) is 17.4 Å². The minimum absolute atomic E-state index is 0.158. The summed E-state index contributed by atoms with van der Waals surface area (Å²) in [5, 5.41) is 21.6. The number of furan rings is 1. The molecule has 2 aromatic rings. The molecule has 19 heavy (non-hydrogen) atoms. The molecule has 0 aliphatic rings. The highest BCUT2D eigenvalue weighted by Crippen LogP contribution is 2.31. The number of benzene rings is 1. The van der Waals surface area contributed by atoms with Crippen LogP contribution < -0.4 is 5.73 Å². The van der Waals surface area contributed by atoms with Gasteiger partial charge < -0.3 is 10.2 Å². The van der Waals surface area contributed by atoms with Gasteiger partial charge in [0.1, 0.15) is 5.76 Å². The van der Waals surface area contributed by atoms with Crippen molar-refractivity contribution in [1.29, 1.82) is 0 Å². The van der Waals surface area contributed by atoms with Crippen LogP contribution in [0.2, 0.25) is 0 Å². The van der Waals surface area contributed by atoms with E-state index in [1.165, 1.54) is 18.4 Å². The summed E-state index contributed by atoms with van der Waals surface area (Å²) in [6.45, 7) is 0. The van der Waals surface area contributed by atoms with Gasteiger partial charge in [-0.1, -0.05) is 0 Å². The predicted molar refractivity (Wildman–Crippen MR) is 64.5 cm³/mol. The van der Waals surface area contributed by atoms with E-state index in [4.69, 9.17) is 10.2 Å². The zero-order valence-electron chi connectivity index (χ0n) is 9.55. The van der Waals surface area contributed by atoms with Gasteiger partial charge in [-0.25, -0.2) is 0 Å². The number of hydrogen-bond donors (Lipinski definition) is 1. The summed E-state index contributed by atoms with van der Waals surface area (Å²) in [4.78, 5) is 20.2. The Bertz CT molecular complexity index is 623. The maximum Gasteiger partial charge on any atom is 0.281 e. The minimum Gasteiger partial charge on any atom is -0.467 e. The molecule has 0 aliphatic carbocycles. The second kappa shape index (κ2) is 4.86. The third kappa shape index (κ3) is 2.43. The first-order valence-electron chi connectivity index (χ1n) is 5.22. The Morgan fingerprint density at radius 1 is 1.16 bits per heavy atom.